The van der Waals surface area contributed by atoms with Gasteiger partial charge in [-0.25, -0.2) is 0 Å². The Bertz CT molecular complexity index is 151. The first kappa shape index (κ1) is 6.16. The maximum Gasteiger partial charge on any atom is 0.222 e. The SMILES string of the molecule is O=C1CC2(CCNCC2)N1. The Balaban J connectivity index is 1.96. The zero-order valence-corrected chi connectivity index (χ0v) is 5.94. The van der Waals surface area contributed by atoms with Gasteiger partial charge in [-0.15, -0.1) is 0 Å². The van der Waals surface area contributed by atoms with E-state index in [4.69, 9.17) is 0 Å². The topological polar surface area (TPSA) is 41.1 Å². The molecule has 10 heavy (non-hydrogen) atoms. The highest BCUT2D eigenvalue weighted by Gasteiger charge is 2.42. The Morgan fingerprint density at radius 3 is 2.40 bits per heavy atom. The molecule has 0 radical (unpaired) electrons. The standard InChI is InChI=1S/C7H12N2O/c10-6-5-7(9-6)1-3-8-4-2-7/h8H,1-5H2,(H,9,10). The number of hydrogen-bond acceptors (Lipinski definition) is 2. The normalized spacial score (nSPS) is 29.4. The van der Waals surface area contributed by atoms with Gasteiger partial charge in [-0.1, -0.05) is 0 Å². The average Bonchev–Trinajstić information content (AvgIpc) is 1.87. The molecular formula is C7H12N2O. The second kappa shape index (κ2) is 1.95. The van der Waals surface area contributed by atoms with Crippen molar-refractivity contribution in [1.82, 2.24) is 10.6 Å². The van der Waals surface area contributed by atoms with Crippen molar-refractivity contribution in [1.29, 1.82) is 0 Å². The third-order valence-electron chi connectivity index (χ3n) is 2.46. The fourth-order valence-electron chi connectivity index (χ4n) is 1.79. The van der Waals surface area contributed by atoms with Gasteiger partial charge in [0.05, 0.1) is 5.54 Å². The van der Waals surface area contributed by atoms with E-state index in [1.807, 2.05) is 0 Å². The number of hydrogen-bond donors (Lipinski definition) is 2. The summed E-state index contributed by atoms with van der Waals surface area (Å²) in [5.41, 5.74) is 0.211. The quantitative estimate of drug-likeness (QED) is 0.451. The summed E-state index contributed by atoms with van der Waals surface area (Å²) in [5, 5.41) is 6.25. The van der Waals surface area contributed by atoms with Gasteiger partial charge < -0.3 is 10.6 Å². The lowest BCUT2D eigenvalue weighted by molar-refractivity contribution is -0.133. The first-order valence-electron chi connectivity index (χ1n) is 3.83. The minimum Gasteiger partial charge on any atom is -0.350 e. The van der Waals surface area contributed by atoms with Crippen LogP contribution in [0.4, 0.5) is 0 Å². The van der Waals surface area contributed by atoms with Gasteiger partial charge in [0.15, 0.2) is 0 Å². The van der Waals surface area contributed by atoms with Gasteiger partial charge in [0, 0.05) is 6.42 Å². The van der Waals surface area contributed by atoms with Gasteiger partial charge >= 0.3 is 0 Å². The van der Waals surface area contributed by atoms with Crippen LogP contribution >= 0.6 is 0 Å². The second-order valence-corrected chi connectivity index (χ2v) is 3.26. The molecule has 3 heteroatoms. The van der Waals surface area contributed by atoms with Crippen molar-refractivity contribution >= 4 is 5.91 Å². The summed E-state index contributed by atoms with van der Waals surface area (Å²) < 4.78 is 0. The first-order chi connectivity index (χ1) is 4.81. The molecule has 3 nitrogen and oxygen atoms in total. The van der Waals surface area contributed by atoms with Crippen LogP contribution in [0.5, 0.6) is 0 Å². The molecule has 0 aromatic carbocycles. The molecule has 0 saturated carbocycles. The largest absolute Gasteiger partial charge is 0.350 e. The zero-order valence-electron chi connectivity index (χ0n) is 5.94. The summed E-state index contributed by atoms with van der Waals surface area (Å²) in [6, 6.07) is 0. The zero-order chi connectivity index (χ0) is 7.03. The van der Waals surface area contributed by atoms with Crippen molar-refractivity contribution in [2.24, 2.45) is 0 Å². The molecule has 0 bridgehead atoms. The molecule has 1 amide bonds. The number of amides is 1. The van der Waals surface area contributed by atoms with Crippen molar-refractivity contribution in [2.75, 3.05) is 13.1 Å². The number of carbonyl (C=O) groups excluding carboxylic acids is 1. The van der Waals surface area contributed by atoms with Gasteiger partial charge in [-0.05, 0) is 25.9 Å². The summed E-state index contributed by atoms with van der Waals surface area (Å²) in [5.74, 6) is 0.224. The van der Waals surface area contributed by atoms with Crippen molar-refractivity contribution in [3.63, 3.8) is 0 Å². The van der Waals surface area contributed by atoms with Crippen molar-refractivity contribution < 1.29 is 4.79 Å². The summed E-state index contributed by atoms with van der Waals surface area (Å²) in [7, 11) is 0. The lowest BCUT2D eigenvalue weighted by Gasteiger charge is -2.45. The molecule has 56 valence electrons. The maximum atomic E-state index is 10.6. The predicted octanol–water partition coefficient (Wildman–Crippen LogP) is -0.372. The molecule has 2 N–H and O–H groups in total. The third-order valence-corrected chi connectivity index (χ3v) is 2.46. The van der Waals surface area contributed by atoms with E-state index in [1.165, 1.54) is 0 Å². The summed E-state index contributed by atoms with van der Waals surface area (Å²) >= 11 is 0. The number of β-lactam (4-membered cyclic amide) rings is 1. The van der Waals surface area contributed by atoms with Crippen LogP contribution in [0.1, 0.15) is 19.3 Å². The fraction of sp³-hybridized carbons (Fsp3) is 0.857. The van der Waals surface area contributed by atoms with E-state index in [9.17, 15) is 4.79 Å². The van der Waals surface area contributed by atoms with Crippen molar-refractivity contribution in [3.8, 4) is 0 Å². The van der Waals surface area contributed by atoms with Gasteiger partial charge in [0.2, 0.25) is 5.91 Å². The molecule has 2 saturated heterocycles. The predicted molar refractivity (Wildman–Crippen MR) is 37.6 cm³/mol. The molecule has 2 aliphatic rings. The lowest BCUT2D eigenvalue weighted by atomic mass is 9.79. The van der Waals surface area contributed by atoms with Crippen LogP contribution in [0.15, 0.2) is 0 Å². The molecule has 0 aromatic heterocycles. The van der Waals surface area contributed by atoms with Gasteiger partial charge in [-0.2, -0.15) is 0 Å². The fourth-order valence-corrected chi connectivity index (χ4v) is 1.79. The number of nitrogens with one attached hydrogen (secondary N) is 2. The molecule has 0 atom stereocenters. The molecule has 2 heterocycles. The summed E-state index contributed by atoms with van der Waals surface area (Å²) in [6.45, 7) is 2.11. The van der Waals surface area contributed by atoms with Crippen molar-refractivity contribution in [3.05, 3.63) is 0 Å². The molecule has 0 aromatic rings. The highest BCUT2D eigenvalue weighted by molar-refractivity contribution is 5.84. The number of carbonyl (C=O) groups is 1. The van der Waals surface area contributed by atoms with Crippen LogP contribution in [-0.2, 0) is 4.79 Å². The lowest BCUT2D eigenvalue weighted by Crippen LogP contribution is -2.64. The molecule has 2 rings (SSSR count). The van der Waals surface area contributed by atoms with E-state index in [0.29, 0.717) is 0 Å². The summed E-state index contributed by atoms with van der Waals surface area (Å²) in [4.78, 5) is 10.6. The number of rotatable bonds is 0. The average molecular weight is 140 g/mol. The molecule has 0 unspecified atom stereocenters. The van der Waals surface area contributed by atoms with Crippen LogP contribution in [0.3, 0.4) is 0 Å². The third kappa shape index (κ3) is 0.814. The molecule has 0 aliphatic carbocycles. The van der Waals surface area contributed by atoms with Gasteiger partial charge in [0.1, 0.15) is 0 Å². The highest BCUT2D eigenvalue weighted by atomic mass is 16.2. The summed E-state index contributed by atoms with van der Waals surface area (Å²) in [6.07, 6.45) is 2.98. The Labute approximate surface area is 60.2 Å². The first-order valence-corrected chi connectivity index (χ1v) is 3.83. The van der Waals surface area contributed by atoms with Crippen LogP contribution in [0, 0.1) is 0 Å². The molecular weight excluding hydrogens is 128 g/mol. The molecule has 2 fully saturated rings. The van der Waals surface area contributed by atoms with E-state index in [2.05, 4.69) is 10.6 Å². The van der Waals surface area contributed by atoms with Crippen LogP contribution in [0.2, 0.25) is 0 Å². The minimum absolute atomic E-state index is 0.211. The molecule has 1 spiro atoms. The Morgan fingerprint density at radius 2 is 1.90 bits per heavy atom. The smallest absolute Gasteiger partial charge is 0.222 e. The Hall–Kier alpha value is -0.570. The van der Waals surface area contributed by atoms with E-state index in [0.717, 1.165) is 32.4 Å². The van der Waals surface area contributed by atoms with E-state index >= 15 is 0 Å². The van der Waals surface area contributed by atoms with Crippen molar-refractivity contribution in [2.45, 2.75) is 24.8 Å². The van der Waals surface area contributed by atoms with Crippen LogP contribution in [-0.4, -0.2) is 24.5 Å². The monoisotopic (exact) mass is 140 g/mol. The molecule has 2 aliphatic heterocycles. The van der Waals surface area contributed by atoms with Gasteiger partial charge in [0.25, 0.3) is 0 Å². The van der Waals surface area contributed by atoms with E-state index in [-0.39, 0.29) is 11.4 Å². The second-order valence-electron chi connectivity index (χ2n) is 3.26. The van der Waals surface area contributed by atoms with Crippen LogP contribution in [0.25, 0.3) is 0 Å². The Morgan fingerprint density at radius 1 is 1.30 bits per heavy atom. The minimum atomic E-state index is 0.211. The Kier molecular flexibility index (Phi) is 1.20. The maximum absolute atomic E-state index is 10.6. The van der Waals surface area contributed by atoms with E-state index in [1.54, 1.807) is 0 Å². The van der Waals surface area contributed by atoms with E-state index < -0.39 is 0 Å². The van der Waals surface area contributed by atoms with Crippen LogP contribution < -0.4 is 10.6 Å². The van der Waals surface area contributed by atoms with Gasteiger partial charge in [-0.3, -0.25) is 4.79 Å². The number of piperidine rings is 1. The highest BCUT2D eigenvalue weighted by Crippen LogP contribution is 2.28.